The summed E-state index contributed by atoms with van der Waals surface area (Å²) in [5.41, 5.74) is 1.22. The zero-order valence-corrected chi connectivity index (χ0v) is 11.6. The molecule has 0 bridgehead atoms. The molecule has 0 fully saturated rings. The number of nitrogens with zero attached hydrogens (tertiary/aromatic N) is 1. The summed E-state index contributed by atoms with van der Waals surface area (Å²) < 4.78 is 26.3. The molecule has 1 heterocycles. The van der Waals surface area contributed by atoms with Gasteiger partial charge in [0.15, 0.2) is 5.03 Å². The molecule has 3 N–H and O–H groups in total. The van der Waals surface area contributed by atoms with Gasteiger partial charge in [-0.1, -0.05) is 12.1 Å². The van der Waals surface area contributed by atoms with E-state index in [1.807, 2.05) is 0 Å². The summed E-state index contributed by atoms with van der Waals surface area (Å²) in [6.45, 7) is 0. The first-order chi connectivity index (χ1) is 9.51. The number of aromatic amines is 1. The summed E-state index contributed by atoms with van der Waals surface area (Å²) in [4.78, 5) is 11.2. The predicted octanol–water partition coefficient (Wildman–Crippen LogP) is 0.499. The van der Waals surface area contributed by atoms with Crippen molar-refractivity contribution in [2.24, 2.45) is 0 Å². The number of aromatic nitrogens is 2. The summed E-state index contributed by atoms with van der Waals surface area (Å²) >= 11 is 0. The largest absolute Gasteiger partial charge is 0.359 e. The Balaban J connectivity index is 2.10. The first-order valence-corrected chi connectivity index (χ1v) is 7.31. The maximum Gasteiger partial charge on any atom is 0.278 e. The second kappa shape index (κ2) is 5.74. The van der Waals surface area contributed by atoms with Crippen LogP contribution in [0, 0.1) is 0 Å². The van der Waals surface area contributed by atoms with Gasteiger partial charge in [0.1, 0.15) is 0 Å². The van der Waals surface area contributed by atoms with Crippen molar-refractivity contribution in [2.45, 2.75) is 11.4 Å². The molecule has 0 aliphatic carbocycles. The molecule has 1 aromatic carbocycles. The van der Waals surface area contributed by atoms with E-state index in [1.54, 1.807) is 31.3 Å². The quantitative estimate of drug-likeness (QED) is 0.747. The van der Waals surface area contributed by atoms with Crippen molar-refractivity contribution in [3.8, 4) is 0 Å². The first-order valence-electron chi connectivity index (χ1n) is 5.83. The Labute approximate surface area is 116 Å². The molecule has 2 rings (SSSR count). The number of H-pyrrole nitrogens is 1. The van der Waals surface area contributed by atoms with Gasteiger partial charge in [-0.05, 0) is 23.8 Å². The minimum absolute atomic E-state index is 0.00747. The van der Waals surface area contributed by atoms with Gasteiger partial charge in [-0.15, -0.1) is 0 Å². The summed E-state index contributed by atoms with van der Waals surface area (Å²) in [5, 5.41) is 8.50. The summed E-state index contributed by atoms with van der Waals surface area (Å²) in [7, 11) is -2.09. The summed E-state index contributed by atoms with van der Waals surface area (Å²) in [6, 6.07) is 7.96. The number of likely N-dealkylation sites (N-methyl/N-ethyl adjacent to an activating group) is 1. The lowest BCUT2D eigenvalue weighted by Crippen LogP contribution is -2.19. The normalized spacial score (nSPS) is 11.1. The third kappa shape index (κ3) is 3.35. The van der Waals surface area contributed by atoms with Crippen LogP contribution < -0.4 is 10.0 Å². The molecule has 2 aromatic rings. The molecule has 0 radical (unpaired) electrons. The van der Waals surface area contributed by atoms with Gasteiger partial charge in [0.2, 0.25) is 5.91 Å². The van der Waals surface area contributed by atoms with E-state index in [0.29, 0.717) is 5.69 Å². The predicted molar refractivity (Wildman–Crippen MR) is 73.6 cm³/mol. The first kappa shape index (κ1) is 14.1. The van der Waals surface area contributed by atoms with Crippen LogP contribution in [0.25, 0.3) is 0 Å². The van der Waals surface area contributed by atoms with Crippen LogP contribution in [-0.4, -0.2) is 31.6 Å². The Kier molecular flexibility index (Phi) is 4.04. The molecule has 0 saturated carbocycles. The maximum absolute atomic E-state index is 11.9. The standard InChI is InChI=1S/C12H14N4O3S/c1-13-11(17)8-9-2-4-10(5-3-9)16-20(18,19)12-6-7-14-15-12/h2-7,16H,8H2,1H3,(H,13,17)(H,14,15). The number of benzene rings is 1. The van der Waals surface area contributed by atoms with Crippen molar-refractivity contribution >= 4 is 21.6 Å². The highest BCUT2D eigenvalue weighted by molar-refractivity contribution is 7.92. The average molecular weight is 294 g/mol. The fourth-order valence-corrected chi connectivity index (χ4v) is 2.54. The van der Waals surface area contributed by atoms with E-state index in [1.165, 1.54) is 12.3 Å². The number of rotatable bonds is 5. The molecule has 8 heteroatoms. The van der Waals surface area contributed by atoms with Gasteiger partial charge >= 0.3 is 0 Å². The lowest BCUT2D eigenvalue weighted by Gasteiger charge is -2.07. The van der Waals surface area contributed by atoms with Crippen LogP contribution in [0.4, 0.5) is 5.69 Å². The van der Waals surface area contributed by atoms with Gasteiger partial charge in [0.05, 0.1) is 12.6 Å². The van der Waals surface area contributed by atoms with Crippen LogP contribution in [0.5, 0.6) is 0 Å². The monoisotopic (exact) mass is 294 g/mol. The highest BCUT2D eigenvalue weighted by Gasteiger charge is 2.15. The van der Waals surface area contributed by atoms with Crippen molar-refractivity contribution in [3.05, 3.63) is 42.1 Å². The van der Waals surface area contributed by atoms with E-state index in [9.17, 15) is 13.2 Å². The topological polar surface area (TPSA) is 104 Å². The van der Waals surface area contributed by atoms with Crippen molar-refractivity contribution in [2.75, 3.05) is 11.8 Å². The van der Waals surface area contributed by atoms with Crippen LogP contribution in [0.2, 0.25) is 0 Å². The smallest absolute Gasteiger partial charge is 0.278 e. The van der Waals surface area contributed by atoms with Gasteiger partial charge in [0.25, 0.3) is 10.0 Å². The molecule has 20 heavy (non-hydrogen) atoms. The minimum atomic E-state index is -3.66. The Morgan fingerprint density at radius 3 is 2.50 bits per heavy atom. The van der Waals surface area contributed by atoms with Crippen molar-refractivity contribution in [1.29, 1.82) is 0 Å². The zero-order valence-electron chi connectivity index (χ0n) is 10.8. The van der Waals surface area contributed by atoms with E-state index < -0.39 is 10.0 Å². The number of anilines is 1. The van der Waals surface area contributed by atoms with Gasteiger partial charge in [-0.2, -0.15) is 13.5 Å². The molecule has 0 aliphatic rings. The van der Waals surface area contributed by atoms with E-state index >= 15 is 0 Å². The number of hydrogen-bond acceptors (Lipinski definition) is 4. The molecular formula is C12H14N4O3S. The van der Waals surface area contributed by atoms with E-state index in [4.69, 9.17) is 0 Å². The van der Waals surface area contributed by atoms with Crippen LogP contribution in [-0.2, 0) is 21.2 Å². The Hall–Kier alpha value is -2.35. The Morgan fingerprint density at radius 1 is 1.25 bits per heavy atom. The Bertz CT molecular complexity index is 678. The number of carbonyl (C=O) groups is 1. The molecule has 106 valence electrons. The fourth-order valence-electron chi connectivity index (χ4n) is 1.57. The number of carbonyl (C=O) groups excluding carboxylic acids is 1. The third-order valence-corrected chi connectivity index (χ3v) is 3.93. The van der Waals surface area contributed by atoms with E-state index in [2.05, 4.69) is 20.2 Å². The number of sulfonamides is 1. The Morgan fingerprint density at radius 2 is 1.95 bits per heavy atom. The second-order valence-electron chi connectivity index (χ2n) is 4.07. The van der Waals surface area contributed by atoms with Crippen LogP contribution in [0.1, 0.15) is 5.56 Å². The molecule has 0 atom stereocenters. The van der Waals surface area contributed by atoms with Crippen molar-refractivity contribution < 1.29 is 13.2 Å². The van der Waals surface area contributed by atoms with Crippen LogP contribution >= 0.6 is 0 Å². The molecule has 0 unspecified atom stereocenters. The average Bonchev–Trinajstić information content (AvgIpc) is 2.95. The molecule has 0 aliphatic heterocycles. The molecular weight excluding hydrogens is 280 g/mol. The van der Waals surface area contributed by atoms with E-state index in [0.717, 1.165) is 5.56 Å². The molecule has 7 nitrogen and oxygen atoms in total. The van der Waals surface area contributed by atoms with Gasteiger partial charge in [-0.3, -0.25) is 14.6 Å². The SMILES string of the molecule is CNC(=O)Cc1ccc(NS(=O)(=O)c2ccn[nH]2)cc1. The second-order valence-corrected chi connectivity index (χ2v) is 5.72. The van der Waals surface area contributed by atoms with Crippen LogP contribution in [0.3, 0.4) is 0 Å². The maximum atomic E-state index is 11.9. The van der Waals surface area contributed by atoms with Gasteiger partial charge in [-0.25, -0.2) is 0 Å². The van der Waals surface area contributed by atoms with Crippen molar-refractivity contribution in [1.82, 2.24) is 15.5 Å². The fraction of sp³-hybridized carbons (Fsp3) is 0.167. The van der Waals surface area contributed by atoms with Crippen LogP contribution in [0.15, 0.2) is 41.6 Å². The molecule has 1 amide bonds. The highest BCUT2D eigenvalue weighted by atomic mass is 32.2. The summed E-state index contributed by atoms with van der Waals surface area (Å²) in [5.74, 6) is -0.101. The number of amides is 1. The minimum Gasteiger partial charge on any atom is -0.359 e. The highest BCUT2D eigenvalue weighted by Crippen LogP contribution is 2.15. The van der Waals surface area contributed by atoms with Gasteiger partial charge in [0, 0.05) is 12.7 Å². The zero-order chi connectivity index (χ0) is 14.6. The lowest BCUT2D eigenvalue weighted by molar-refractivity contribution is -0.119. The van der Waals surface area contributed by atoms with Crippen molar-refractivity contribution in [3.63, 3.8) is 0 Å². The third-order valence-electron chi connectivity index (χ3n) is 2.61. The molecule has 1 aromatic heterocycles. The van der Waals surface area contributed by atoms with E-state index in [-0.39, 0.29) is 17.4 Å². The number of hydrogen-bond donors (Lipinski definition) is 3. The molecule has 0 spiro atoms. The molecule has 0 saturated heterocycles. The van der Waals surface area contributed by atoms with Gasteiger partial charge < -0.3 is 5.32 Å². The number of nitrogens with one attached hydrogen (secondary N) is 3. The lowest BCUT2D eigenvalue weighted by atomic mass is 10.1. The summed E-state index contributed by atoms with van der Waals surface area (Å²) in [6.07, 6.45) is 1.62.